The number of aliphatic imine (C=N–C) groups is 1. The van der Waals surface area contributed by atoms with Crippen LogP contribution in [0.4, 0.5) is 24.5 Å². The van der Waals surface area contributed by atoms with Gasteiger partial charge in [-0.2, -0.15) is 13.2 Å². The van der Waals surface area contributed by atoms with E-state index in [0.717, 1.165) is 12.3 Å². The molecule has 0 aromatic heterocycles. The van der Waals surface area contributed by atoms with Crippen LogP contribution < -0.4 is 5.32 Å². The Hall–Kier alpha value is -1.98. The van der Waals surface area contributed by atoms with Crippen LogP contribution in [0.2, 0.25) is 10.0 Å². The van der Waals surface area contributed by atoms with E-state index in [4.69, 9.17) is 23.2 Å². The van der Waals surface area contributed by atoms with E-state index in [-0.39, 0.29) is 10.7 Å². The molecule has 0 aliphatic rings. The van der Waals surface area contributed by atoms with Gasteiger partial charge in [-0.25, -0.2) is 0 Å². The van der Waals surface area contributed by atoms with Gasteiger partial charge < -0.3 is 5.32 Å². The number of halogens is 5. The van der Waals surface area contributed by atoms with Gasteiger partial charge in [0.1, 0.15) is 5.70 Å². The molecule has 0 fully saturated rings. The molecule has 2 aromatic rings. The summed E-state index contributed by atoms with van der Waals surface area (Å²) < 4.78 is 39.2. The van der Waals surface area contributed by atoms with E-state index in [1.165, 1.54) is 12.1 Å². The van der Waals surface area contributed by atoms with Crippen molar-refractivity contribution in [1.82, 2.24) is 0 Å². The van der Waals surface area contributed by atoms with Crippen molar-refractivity contribution in [3.8, 4) is 0 Å². The van der Waals surface area contributed by atoms with Crippen molar-refractivity contribution in [2.24, 2.45) is 4.99 Å². The Morgan fingerprint density at radius 2 is 1.57 bits per heavy atom. The summed E-state index contributed by atoms with van der Waals surface area (Å²) in [5.41, 5.74) is -0.449. The lowest BCUT2D eigenvalue weighted by molar-refractivity contribution is -0.0901. The number of hydrogen-bond acceptors (Lipinski definition) is 2. The Morgan fingerprint density at radius 3 is 2.17 bits per heavy atom. The minimum Gasteiger partial charge on any atom is -0.350 e. The molecule has 2 aromatic carbocycles. The number of benzene rings is 2. The molecule has 0 amide bonds. The van der Waals surface area contributed by atoms with E-state index in [2.05, 4.69) is 10.3 Å². The number of para-hydroxylation sites is 2. The molecule has 0 aliphatic carbocycles. The second-order valence-electron chi connectivity index (χ2n) is 4.41. The summed E-state index contributed by atoms with van der Waals surface area (Å²) in [5.74, 6) is 0. The SMILES string of the molecule is FC(F)(F)/C(=C/C=Nc1ccccc1Cl)Nc1ccccc1Cl. The van der Waals surface area contributed by atoms with Gasteiger partial charge in [0.2, 0.25) is 0 Å². The standard InChI is InChI=1S/C16H11Cl2F3N2/c17-11-5-1-3-7-13(11)22-10-9-15(16(19,20)21)23-14-8-4-2-6-12(14)18/h1-10,23H/b15-9-,22-10?. The Kier molecular flexibility index (Phi) is 5.69. The summed E-state index contributed by atoms with van der Waals surface area (Å²) in [6.07, 6.45) is -2.72. The third-order valence-corrected chi connectivity index (χ3v) is 3.41. The molecule has 23 heavy (non-hydrogen) atoms. The molecule has 0 bridgehead atoms. The van der Waals surface area contributed by atoms with Crippen LogP contribution in [0.25, 0.3) is 0 Å². The third-order valence-electron chi connectivity index (χ3n) is 2.76. The fourth-order valence-corrected chi connectivity index (χ4v) is 2.03. The van der Waals surface area contributed by atoms with Gasteiger partial charge in [0.15, 0.2) is 0 Å². The van der Waals surface area contributed by atoms with Crippen LogP contribution in [-0.2, 0) is 0 Å². The van der Waals surface area contributed by atoms with Gasteiger partial charge in [0.05, 0.1) is 21.4 Å². The fraction of sp³-hybridized carbons (Fsp3) is 0.0625. The van der Waals surface area contributed by atoms with Crippen molar-refractivity contribution in [2.75, 3.05) is 5.32 Å². The Balaban J connectivity index is 2.26. The Morgan fingerprint density at radius 1 is 0.957 bits per heavy atom. The molecule has 0 unspecified atom stereocenters. The summed E-state index contributed by atoms with van der Waals surface area (Å²) in [6, 6.07) is 12.8. The molecular formula is C16H11Cl2F3N2. The number of nitrogens with zero attached hydrogens (tertiary/aromatic N) is 1. The van der Waals surface area contributed by atoms with Crippen LogP contribution >= 0.6 is 23.2 Å². The minimum absolute atomic E-state index is 0.156. The van der Waals surface area contributed by atoms with Gasteiger partial charge in [0, 0.05) is 6.21 Å². The lowest BCUT2D eigenvalue weighted by Gasteiger charge is -2.14. The van der Waals surface area contributed by atoms with Crippen LogP contribution in [0, 0.1) is 0 Å². The predicted molar refractivity (Wildman–Crippen MR) is 88.8 cm³/mol. The zero-order valence-corrected chi connectivity index (χ0v) is 13.1. The predicted octanol–water partition coefficient (Wildman–Crippen LogP) is 6.25. The monoisotopic (exact) mass is 358 g/mol. The quantitative estimate of drug-likeness (QED) is 0.641. The maximum absolute atomic E-state index is 13.1. The molecule has 0 atom stereocenters. The van der Waals surface area contributed by atoms with Crippen LogP contribution in [0.1, 0.15) is 0 Å². The maximum atomic E-state index is 13.1. The zero-order valence-electron chi connectivity index (χ0n) is 11.6. The van der Waals surface area contributed by atoms with Gasteiger partial charge in [-0.1, -0.05) is 47.5 Å². The molecule has 0 saturated carbocycles. The molecule has 2 nitrogen and oxygen atoms in total. The lowest BCUT2D eigenvalue weighted by Crippen LogP contribution is -2.19. The molecule has 0 radical (unpaired) electrons. The van der Waals surface area contributed by atoms with E-state index in [1.54, 1.807) is 36.4 Å². The normalized spacial score (nSPS) is 12.7. The number of rotatable bonds is 4. The van der Waals surface area contributed by atoms with E-state index in [9.17, 15) is 13.2 Å². The second kappa shape index (κ2) is 7.53. The summed E-state index contributed by atoms with van der Waals surface area (Å²) in [5, 5.41) is 2.81. The van der Waals surface area contributed by atoms with Crippen LogP contribution in [0.3, 0.4) is 0 Å². The van der Waals surface area contributed by atoms with Crippen molar-refractivity contribution >= 4 is 40.8 Å². The van der Waals surface area contributed by atoms with Crippen LogP contribution in [0.15, 0.2) is 65.3 Å². The molecule has 120 valence electrons. The second-order valence-corrected chi connectivity index (χ2v) is 5.23. The minimum atomic E-state index is -4.58. The highest BCUT2D eigenvalue weighted by Crippen LogP contribution is 2.30. The Bertz CT molecular complexity index is 740. The average molecular weight is 359 g/mol. The highest BCUT2D eigenvalue weighted by Gasteiger charge is 2.33. The number of alkyl halides is 3. The van der Waals surface area contributed by atoms with Gasteiger partial charge in [-0.3, -0.25) is 4.99 Å². The lowest BCUT2D eigenvalue weighted by atomic mass is 10.3. The molecule has 0 spiro atoms. The van der Waals surface area contributed by atoms with Crippen molar-refractivity contribution < 1.29 is 13.2 Å². The highest BCUT2D eigenvalue weighted by molar-refractivity contribution is 6.33. The number of nitrogens with one attached hydrogen (secondary N) is 1. The van der Waals surface area contributed by atoms with E-state index >= 15 is 0 Å². The van der Waals surface area contributed by atoms with Gasteiger partial charge in [-0.05, 0) is 30.3 Å². The van der Waals surface area contributed by atoms with Gasteiger partial charge in [-0.15, -0.1) is 0 Å². The third kappa shape index (κ3) is 5.01. The molecule has 0 heterocycles. The summed E-state index contributed by atoms with van der Waals surface area (Å²) >= 11 is 11.8. The summed E-state index contributed by atoms with van der Waals surface area (Å²) in [7, 11) is 0. The van der Waals surface area contributed by atoms with Gasteiger partial charge >= 0.3 is 6.18 Å². The van der Waals surface area contributed by atoms with Crippen LogP contribution in [0.5, 0.6) is 0 Å². The first-order chi connectivity index (χ1) is 10.9. The molecule has 2 rings (SSSR count). The molecular weight excluding hydrogens is 348 g/mol. The number of allylic oxidation sites excluding steroid dienone is 2. The topological polar surface area (TPSA) is 24.4 Å². The molecule has 0 aliphatic heterocycles. The van der Waals surface area contributed by atoms with Crippen molar-refractivity contribution in [3.63, 3.8) is 0 Å². The van der Waals surface area contributed by atoms with Crippen molar-refractivity contribution in [2.45, 2.75) is 6.18 Å². The first-order valence-electron chi connectivity index (χ1n) is 6.45. The fourth-order valence-electron chi connectivity index (χ4n) is 1.66. The highest BCUT2D eigenvalue weighted by atomic mass is 35.5. The van der Waals surface area contributed by atoms with E-state index in [0.29, 0.717) is 10.7 Å². The maximum Gasteiger partial charge on any atom is 0.431 e. The molecule has 0 saturated heterocycles. The first kappa shape index (κ1) is 17.4. The Labute approximate surface area is 141 Å². The van der Waals surface area contributed by atoms with E-state index < -0.39 is 11.9 Å². The van der Waals surface area contributed by atoms with Crippen molar-refractivity contribution in [1.29, 1.82) is 0 Å². The summed E-state index contributed by atoms with van der Waals surface area (Å²) in [4.78, 5) is 3.92. The number of hydrogen-bond donors (Lipinski definition) is 1. The van der Waals surface area contributed by atoms with Crippen LogP contribution in [-0.4, -0.2) is 12.4 Å². The summed E-state index contributed by atoms with van der Waals surface area (Å²) in [6.45, 7) is 0. The smallest absolute Gasteiger partial charge is 0.350 e. The largest absolute Gasteiger partial charge is 0.431 e. The van der Waals surface area contributed by atoms with Crippen molar-refractivity contribution in [3.05, 3.63) is 70.3 Å². The van der Waals surface area contributed by atoms with Gasteiger partial charge in [0.25, 0.3) is 0 Å². The zero-order chi connectivity index (χ0) is 16.9. The average Bonchev–Trinajstić information content (AvgIpc) is 2.49. The molecule has 7 heteroatoms. The number of anilines is 1. The molecule has 1 N–H and O–H groups in total. The van der Waals surface area contributed by atoms with E-state index in [1.807, 2.05) is 0 Å². The first-order valence-corrected chi connectivity index (χ1v) is 7.21.